The number of ketones is 1. The van der Waals surface area contributed by atoms with Crippen LogP contribution < -0.4 is 15.7 Å². The molecule has 2 aliphatic heterocycles. The quantitative estimate of drug-likeness (QED) is 0.0898. The summed E-state index contributed by atoms with van der Waals surface area (Å²) in [5.41, 5.74) is -3.31. The number of carboxylic acids is 1. The second kappa shape index (κ2) is 16.0. The molecule has 3 aromatic rings. The first-order valence-electron chi connectivity index (χ1n) is 18.2. The predicted molar refractivity (Wildman–Crippen MR) is 205 cm³/mol. The second-order valence-corrected chi connectivity index (χ2v) is 14.9. The third kappa shape index (κ3) is 7.59. The summed E-state index contributed by atoms with van der Waals surface area (Å²) in [5, 5.41) is 57.3. The van der Waals surface area contributed by atoms with Crippen LogP contribution in [-0.2, 0) is 23.8 Å². The molecule has 3 heterocycles. The highest BCUT2D eigenvalue weighted by Crippen LogP contribution is 2.54. The van der Waals surface area contributed by atoms with Gasteiger partial charge >= 0.3 is 23.4 Å². The van der Waals surface area contributed by atoms with Crippen LogP contribution in [0.4, 0.5) is 5.69 Å². The Labute approximate surface area is 327 Å². The Morgan fingerprint density at radius 2 is 1.60 bits per heavy atom. The number of phenols is 2. The minimum atomic E-state index is -2.13. The molecular formula is C41H47NO15. The van der Waals surface area contributed by atoms with Crippen LogP contribution in [0.1, 0.15) is 74.7 Å². The fraction of sp³-hybridized carbons (Fsp3) is 0.439. The van der Waals surface area contributed by atoms with Crippen LogP contribution in [0.2, 0.25) is 0 Å². The average molecular weight is 794 g/mol. The van der Waals surface area contributed by atoms with E-state index in [1.165, 1.54) is 53.0 Å². The van der Waals surface area contributed by atoms with Gasteiger partial charge in [0, 0.05) is 66.5 Å². The van der Waals surface area contributed by atoms with E-state index in [9.17, 15) is 49.5 Å². The Hall–Kier alpha value is -5.71. The summed E-state index contributed by atoms with van der Waals surface area (Å²) in [7, 11) is 1.40. The Bertz CT molecular complexity index is 2300. The normalized spacial score (nSPS) is 28.6. The van der Waals surface area contributed by atoms with E-state index in [0.29, 0.717) is 0 Å². The number of methoxy groups -OCH3 is 1. The molecule has 2 aliphatic rings. The standard InChI is InChI=1S/C41H47NO15/c1-16-11-10-12-17(2)38(49)42-29-23-15-24(39(50)51)40(52)56-36(23)26-27(33(29)47)32(46)21(6)35-28(26)37(48)41(8,57-35)54-14-13-25(53-9)18(3)34(55-22(7)43)20(5)31(45)19(4)30(16)44/h10-16,18-20,25,30-31,34,44-47H,1-9H3,(H,42,49)(H,50,51). The number of hydrogen-bond donors (Lipinski definition) is 6. The van der Waals surface area contributed by atoms with Crippen molar-refractivity contribution < 1.29 is 68.1 Å². The Balaban J connectivity index is 1.77. The molecule has 0 saturated carbocycles. The molecule has 16 nitrogen and oxygen atoms in total. The summed E-state index contributed by atoms with van der Waals surface area (Å²) in [5.74, 6) is -10.3. The monoisotopic (exact) mass is 793 g/mol. The first-order valence-corrected chi connectivity index (χ1v) is 18.2. The molecule has 9 atom stereocenters. The highest BCUT2D eigenvalue weighted by molar-refractivity contribution is 6.28. The molecule has 2 aromatic carbocycles. The van der Waals surface area contributed by atoms with E-state index in [1.807, 2.05) is 0 Å². The Kier molecular flexibility index (Phi) is 11.9. The lowest BCUT2D eigenvalue weighted by Crippen LogP contribution is -2.46. The van der Waals surface area contributed by atoms with E-state index in [4.69, 9.17) is 23.4 Å². The highest BCUT2D eigenvalue weighted by Gasteiger charge is 2.50. The minimum Gasteiger partial charge on any atom is -0.507 e. The van der Waals surface area contributed by atoms with Crippen LogP contribution in [0.25, 0.3) is 21.7 Å². The number of aromatic carboxylic acids is 1. The largest absolute Gasteiger partial charge is 0.507 e. The first kappa shape index (κ1) is 42.4. The number of aliphatic hydroxyl groups excluding tert-OH is 2. The molecular weight excluding hydrogens is 746 g/mol. The Morgan fingerprint density at radius 1 is 0.930 bits per heavy atom. The van der Waals surface area contributed by atoms with E-state index in [2.05, 4.69) is 5.32 Å². The number of ether oxygens (including phenoxy) is 4. The smallest absolute Gasteiger partial charge is 0.351 e. The van der Waals surface area contributed by atoms with Crippen molar-refractivity contribution in [3.63, 3.8) is 0 Å². The summed E-state index contributed by atoms with van der Waals surface area (Å²) in [6.45, 7) is 12.1. The number of rotatable bonds is 3. The molecule has 306 valence electrons. The first-order chi connectivity index (χ1) is 26.7. The van der Waals surface area contributed by atoms with Crippen LogP contribution >= 0.6 is 0 Å². The topological polar surface area (TPSA) is 249 Å². The zero-order chi connectivity index (χ0) is 42.4. The van der Waals surface area contributed by atoms with Crippen molar-refractivity contribution in [3.8, 4) is 17.2 Å². The summed E-state index contributed by atoms with van der Waals surface area (Å²) < 4.78 is 28.9. The number of phenolic OH excluding ortho intramolecular Hbond substituents is 2. The van der Waals surface area contributed by atoms with Gasteiger partial charge in [-0.1, -0.05) is 45.9 Å². The van der Waals surface area contributed by atoms with Crippen molar-refractivity contribution >= 4 is 51.1 Å². The van der Waals surface area contributed by atoms with Crippen molar-refractivity contribution in [2.45, 2.75) is 85.6 Å². The number of carboxylic acid groups (broad SMARTS) is 1. The summed E-state index contributed by atoms with van der Waals surface area (Å²) in [6, 6.07) is 0.873. The van der Waals surface area contributed by atoms with Crippen LogP contribution in [0.15, 0.2) is 51.4 Å². The van der Waals surface area contributed by atoms with Gasteiger partial charge in [0.25, 0.3) is 11.7 Å². The van der Waals surface area contributed by atoms with Crippen LogP contribution in [0.3, 0.4) is 0 Å². The van der Waals surface area contributed by atoms with Crippen molar-refractivity contribution in [3.05, 3.63) is 69.3 Å². The molecule has 1 aromatic heterocycles. The van der Waals surface area contributed by atoms with Gasteiger partial charge in [-0.2, -0.15) is 0 Å². The summed E-state index contributed by atoms with van der Waals surface area (Å²) >= 11 is 0. The van der Waals surface area contributed by atoms with Crippen LogP contribution in [0, 0.1) is 30.6 Å². The number of amides is 1. The number of esters is 1. The number of fused-ring (bicyclic) bond motifs is 1. The van der Waals surface area contributed by atoms with E-state index >= 15 is 0 Å². The number of carbonyl (C=O) groups excluding carboxylic acids is 3. The fourth-order valence-electron chi connectivity index (χ4n) is 7.48. The maximum absolute atomic E-state index is 14.4. The lowest BCUT2D eigenvalue weighted by atomic mass is 9.78. The molecule has 57 heavy (non-hydrogen) atoms. The molecule has 4 bridgehead atoms. The van der Waals surface area contributed by atoms with Crippen molar-refractivity contribution in [1.29, 1.82) is 0 Å². The third-order valence-electron chi connectivity index (χ3n) is 10.9. The van der Waals surface area contributed by atoms with Gasteiger partial charge in [0.2, 0.25) is 0 Å². The average Bonchev–Trinajstić information content (AvgIpc) is 3.42. The van der Waals surface area contributed by atoms with Gasteiger partial charge in [-0.15, -0.1) is 0 Å². The number of Topliss-reactive ketones (excluding diaryl/α,β-unsaturated/α-hetero) is 1. The highest BCUT2D eigenvalue weighted by atomic mass is 16.7. The second-order valence-electron chi connectivity index (χ2n) is 14.9. The molecule has 1 amide bonds. The molecule has 0 radical (unpaired) electrons. The zero-order valence-electron chi connectivity index (χ0n) is 32.9. The summed E-state index contributed by atoms with van der Waals surface area (Å²) in [4.78, 5) is 65.3. The molecule has 0 saturated heterocycles. The molecule has 0 aliphatic carbocycles. The van der Waals surface area contributed by atoms with E-state index in [0.717, 1.165) is 12.3 Å². The van der Waals surface area contributed by atoms with Gasteiger partial charge in [0.05, 0.1) is 41.2 Å². The number of aromatic hydroxyl groups is 2. The molecule has 0 spiro atoms. The van der Waals surface area contributed by atoms with Crippen molar-refractivity contribution in [2.24, 2.45) is 23.7 Å². The molecule has 16 heteroatoms. The zero-order valence-corrected chi connectivity index (χ0v) is 32.9. The minimum absolute atomic E-state index is 0.0315. The van der Waals surface area contributed by atoms with Gasteiger partial charge in [-0.25, -0.2) is 9.59 Å². The van der Waals surface area contributed by atoms with Gasteiger partial charge in [-0.3, -0.25) is 14.4 Å². The molecule has 6 N–H and O–H groups in total. The SMILES string of the molecule is COC1C=COC2(C)Oc3c(C)c(O)c4c(O)c(c5cc(C(=O)O)c(=O)oc5c4c3C2=O)NC(=O)C(C)=CC=CC(C)C(O)C(C)C(O)C(C)C(OC(C)=O)C1C. The number of aliphatic hydroxyl groups is 2. The number of hydrogen-bond acceptors (Lipinski definition) is 14. The molecule has 9 unspecified atom stereocenters. The lowest BCUT2D eigenvalue weighted by Gasteiger charge is -2.38. The van der Waals surface area contributed by atoms with Crippen molar-refractivity contribution in [1.82, 2.24) is 0 Å². The molecule has 0 fully saturated rings. The number of allylic oxidation sites excluding steroid dienone is 2. The van der Waals surface area contributed by atoms with Crippen molar-refractivity contribution in [2.75, 3.05) is 12.4 Å². The summed E-state index contributed by atoms with van der Waals surface area (Å²) in [6.07, 6.45) is 3.04. The van der Waals surface area contributed by atoms with Gasteiger partial charge in [-0.05, 0) is 26.0 Å². The van der Waals surface area contributed by atoms with Gasteiger partial charge < -0.3 is 54.2 Å². The number of anilines is 1. The van der Waals surface area contributed by atoms with Gasteiger partial charge in [0.1, 0.15) is 28.7 Å². The van der Waals surface area contributed by atoms with E-state index in [-0.39, 0.29) is 33.2 Å². The molecule has 5 rings (SSSR count). The van der Waals surface area contributed by atoms with Crippen LogP contribution in [-0.4, -0.2) is 86.5 Å². The number of carbonyl (C=O) groups is 4. The number of nitrogens with one attached hydrogen (secondary N) is 1. The third-order valence-corrected chi connectivity index (χ3v) is 10.9. The van der Waals surface area contributed by atoms with Crippen LogP contribution in [0.5, 0.6) is 17.2 Å². The maximum atomic E-state index is 14.4. The van der Waals surface area contributed by atoms with E-state index in [1.54, 1.807) is 33.8 Å². The van der Waals surface area contributed by atoms with E-state index < -0.39 is 117 Å². The fourth-order valence-corrected chi connectivity index (χ4v) is 7.48. The Morgan fingerprint density at radius 3 is 2.21 bits per heavy atom. The predicted octanol–water partition coefficient (Wildman–Crippen LogP) is 4.85. The number of benzene rings is 2. The lowest BCUT2D eigenvalue weighted by molar-refractivity contribution is -0.160. The van der Waals surface area contributed by atoms with Gasteiger partial charge in [0.15, 0.2) is 5.75 Å². The maximum Gasteiger partial charge on any atom is 0.351 e.